The minimum absolute atomic E-state index is 0.139. The zero-order chi connectivity index (χ0) is 12.0. The summed E-state index contributed by atoms with van der Waals surface area (Å²) in [5, 5.41) is 3.44. The topological polar surface area (TPSA) is 12.0 Å². The summed E-state index contributed by atoms with van der Waals surface area (Å²) < 4.78 is 13.1. The van der Waals surface area contributed by atoms with Gasteiger partial charge in [0.15, 0.2) is 0 Å². The van der Waals surface area contributed by atoms with E-state index in [1.54, 1.807) is 6.07 Å². The van der Waals surface area contributed by atoms with Crippen molar-refractivity contribution in [1.82, 2.24) is 5.32 Å². The van der Waals surface area contributed by atoms with Crippen LogP contribution in [0.2, 0.25) is 0 Å². The van der Waals surface area contributed by atoms with E-state index in [2.05, 4.69) is 18.5 Å². The van der Waals surface area contributed by atoms with Gasteiger partial charge in [-0.1, -0.05) is 13.0 Å². The van der Waals surface area contributed by atoms with Gasteiger partial charge in [0, 0.05) is 11.8 Å². The number of rotatable bonds is 6. The average Bonchev–Trinajstić information content (AvgIpc) is 2.24. The number of hydrogen-bond acceptors (Lipinski definition) is 2. The smallest absolute Gasteiger partial charge is 0.123 e. The first kappa shape index (κ1) is 13.5. The fraction of sp³-hybridized carbons (Fsp3) is 0.538. The molecule has 0 aliphatic rings. The fourth-order valence-corrected chi connectivity index (χ4v) is 2.44. The highest BCUT2D eigenvalue weighted by atomic mass is 32.2. The van der Waals surface area contributed by atoms with E-state index < -0.39 is 0 Å². The Morgan fingerprint density at radius 2 is 2.19 bits per heavy atom. The number of thioether (sulfide) groups is 1. The molecule has 90 valence electrons. The third kappa shape index (κ3) is 4.14. The first-order chi connectivity index (χ1) is 7.67. The summed E-state index contributed by atoms with van der Waals surface area (Å²) in [5.41, 5.74) is 2.28. The molecule has 1 aromatic rings. The number of likely N-dealkylation sites (N-methyl/N-ethyl adjacent to an activating group) is 1. The molecule has 0 spiro atoms. The van der Waals surface area contributed by atoms with Gasteiger partial charge in [0.2, 0.25) is 0 Å². The van der Waals surface area contributed by atoms with Crippen molar-refractivity contribution in [3.8, 4) is 0 Å². The van der Waals surface area contributed by atoms with Crippen molar-refractivity contribution in [1.29, 1.82) is 0 Å². The largest absolute Gasteiger partial charge is 0.313 e. The van der Waals surface area contributed by atoms with Crippen LogP contribution >= 0.6 is 11.8 Å². The van der Waals surface area contributed by atoms with Crippen LogP contribution in [0.3, 0.4) is 0 Å². The van der Waals surface area contributed by atoms with Gasteiger partial charge in [0.05, 0.1) is 0 Å². The third-order valence-electron chi connectivity index (χ3n) is 2.64. The molecule has 1 atom stereocenters. The van der Waals surface area contributed by atoms with Gasteiger partial charge in [-0.05, 0) is 49.4 Å². The van der Waals surface area contributed by atoms with Crippen molar-refractivity contribution in [2.24, 2.45) is 0 Å². The summed E-state index contributed by atoms with van der Waals surface area (Å²) in [6.07, 6.45) is 3.00. The second kappa shape index (κ2) is 6.92. The molecule has 16 heavy (non-hydrogen) atoms. The number of nitrogens with one attached hydrogen (secondary N) is 1. The van der Waals surface area contributed by atoms with Crippen LogP contribution in [0.25, 0.3) is 0 Å². The third-order valence-corrected chi connectivity index (χ3v) is 3.37. The maximum absolute atomic E-state index is 13.1. The van der Waals surface area contributed by atoms with Gasteiger partial charge in [-0.3, -0.25) is 0 Å². The van der Waals surface area contributed by atoms with Crippen LogP contribution < -0.4 is 5.32 Å². The number of aryl methyl sites for hydroxylation is 1. The van der Waals surface area contributed by atoms with Crippen LogP contribution in [0.1, 0.15) is 18.1 Å². The van der Waals surface area contributed by atoms with Gasteiger partial charge >= 0.3 is 0 Å². The van der Waals surface area contributed by atoms with E-state index in [9.17, 15) is 4.39 Å². The summed E-state index contributed by atoms with van der Waals surface area (Å²) >= 11 is 1.82. The Labute approximate surface area is 102 Å². The van der Waals surface area contributed by atoms with Crippen LogP contribution in [0, 0.1) is 12.7 Å². The highest BCUT2D eigenvalue weighted by Gasteiger charge is 2.09. The lowest BCUT2D eigenvalue weighted by molar-refractivity contribution is 0.567. The van der Waals surface area contributed by atoms with E-state index >= 15 is 0 Å². The maximum atomic E-state index is 13.1. The number of hydrogen-bond donors (Lipinski definition) is 1. The molecule has 0 fully saturated rings. The van der Waals surface area contributed by atoms with Gasteiger partial charge in [-0.15, -0.1) is 0 Å². The lowest BCUT2D eigenvalue weighted by atomic mass is 10.0. The highest BCUT2D eigenvalue weighted by Crippen LogP contribution is 2.14. The first-order valence-corrected chi connectivity index (χ1v) is 7.04. The average molecular weight is 241 g/mol. The summed E-state index contributed by atoms with van der Waals surface area (Å²) in [7, 11) is 0. The molecular formula is C13H20FNS. The predicted molar refractivity (Wildman–Crippen MR) is 70.7 cm³/mol. The van der Waals surface area contributed by atoms with Gasteiger partial charge < -0.3 is 5.32 Å². The molecule has 1 nitrogen and oxygen atoms in total. The van der Waals surface area contributed by atoms with Crippen molar-refractivity contribution in [2.75, 3.05) is 18.6 Å². The van der Waals surface area contributed by atoms with Gasteiger partial charge in [-0.25, -0.2) is 4.39 Å². The van der Waals surface area contributed by atoms with Crippen LogP contribution in [0.15, 0.2) is 18.2 Å². The minimum Gasteiger partial charge on any atom is -0.313 e. The maximum Gasteiger partial charge on any atom is 0.123 e. The van der Waals surface area contributed by atoms with E-state index in [0.29, 0.717) is 6.04 Å². The molecular weight excluding hydrogens is 221 g/mol. The lowest BCUT2D eigenvalue weighted by Crippen LogP contribution is -2.33. The second-order valence-corrected chi connectivity index (χ2v) is 4.90. The lowest BCUT2D eigenvalue weighted by Gasteiger charge is -2.18. The van der Waals surface area contributed by atoms with Gasteiger partial charge in [-0.2, -0.15) is 11.8 Å². The van der Waals surface area contributed by atoms with E-state index in [4.69, 9.17) is 0 Å². The SMILES string of the molecule is CCNC(CSC)Cc1cc(F)ccc1C. The monoisotopic (exact) mass is 241 g/mol. The molecule has 0 bridgehead atoms. The van der Waals surface area contributed by atoms with E-state index in [-0.39, 0.29) is 5.82 Å². The van der Waals surface area contributed by atoms with E-state index in [0.717, 1.165) is 24.3 Å². The molecule has 3 heteroatoms. The number of halogens is 1. The van der Waals surface area contributed by atoms with Gasteiger partial charge in [0.1, 0.15) is 5.82 Å². The van der Waals surface area contributed by atoms with Crippen molar-refractivity contribution < 1.29 is 4.39 Å². The van der Waals surface area contributed by atoms with Crippen molar-refractivity contribution in [3.05, 3.63) is 35.1 Å². The Morgan fingerprint density at radius 1 is 1.44 bits per heavy atom. The minimum atomic E-state index is -0.139. The molecule has 0 aliphatic heterocycles. The summed E-state index contributed by atoms with van der Waals surface area (Å²) in [5.74, 6) is 0.920. The second-order valence-electron chi connectivity index (χ2n) is 3.98. The summed E-state index contributed by atoms with van der Waals surface area (Å²) in [6, 6.07) is 5.46. The molecule has 0 saturated carbocycles. The van der Waals surface area contributed by atoms with E-state index in [1.165, 1.54) is 11.6 Å². The summed E-state index contributed by atoms with van der Waals surface area (Å²) in [4.78, 5) is 0. The number of benzene rings is 1. The van der Waals surface area contributed by atoms with Crippen LogP contribution in [-0.2, 0) is 6.42 Å². The van der Waals surface area contributed by atoms with E-state index in [1.807, 2.05) is 24.8 Å². The first-order valence-electron chi connectivity index (χ1n) is 5.64. The van der Waals surface area contributed by atoms with Crippen LogP contribution in [0.4, 0.5) is 4.39 Å². The Kier molecular flexibility index (Phi) is 5.85. The Balaban J connectivity index is 2.71. The van der Waals surface area contributed by atoms with Crippen molar-refractivity contribution >= 4 is 11.8 Å². The Hall–Kier alpha value is -0.540. The molecule has 0 aliphatic carbocycles. The molecule has 1 rings (SSSR count). The van der Waals surface area contributed by atoms with Crippen LogP contribution in [-0.4, -0.2) is 24.6 Å². The molecule has 0 aromatic heterocycles. The van der Waals surface area contributed by atoms with Crippen LogP contribution in [0.5, 0.6) is 0 Å². The zero-order valence-electron chi connectivity index (χ0n) is 10.2. The van der Waals surface area contributed by atoms with Crippen molar-refractivity contribution in [3.63, 3.8) is 0 Å². The molecule has 0 amide bonds. The van der Waals surface area contributed by atoms with Crippen molar-refractivity contribution in [2.45, 2.75) is 26.3 Å². The van der Waals surface area contributed by atoms with Gasteiger partial charge in [0.25, 0.3) is 0 Å². The fourth-order valence-electron chi connectivity index (χ4n) is 1.81. The predicted octanol–water partition coefficient (Wildman–Crippen LogP) is 3.02. The molecule has 1 unspecified atom stereocenters. The summed E-state index contributed by atoms with van der Waals surface area (Å²) in [6.45, 7) is 5.10. The molecule has 0 radical (unpaired) electrons. The Bertz CT molecular complexity index is 322. The highest BCUT2D eigenvalue weighted by molar-refractivity contribution is 7.98. The molecule has 1 aromatic carbocycles. The molecule has 0 saturated heterocycles. The standard InChI is InChI=1S/C13H20FNS/c1-4-15-13(9-16-3)8-11-7-12(14)6-5-10(11)2/h5-7,13,15H,4,8-9H2,1-3H3. The molecule has 1 N–H and O–H groups in total. The normalized spacial score (nSPS) is 12.8. The zero-order valence-corrected chi connectivity index (χ0v) is 11.0. The quantitative estimate of drug-likeness (QED) is 0.821. The Morgan fingerprint density at radius 3 is 2.81 bits per heavy atom. The molecule has 0 heterocycles.